The maximum atomic E-state index is 3.54. The van der Waals surface area contributed by atoms with Crippen molar-refractivity contribution in [3.05, 3.63) is 70.2 Å². The lowest BCUT2D eigenvalue weighted by Gasteiger charge is -2.57. The minimum Gasteiger partial charge on any atom is -0.298 e. The lowest BCUT2D eigenvalue weighted by Crippen LogP contribution is -2.61. The van der Waals surface area contributed by atoms with Gasteiger partial charge < -0.3 is 0 Å². The lowest BCUT2D eigenvalue weighted by molar-refractivity contribution is -0.0791. The van der Waals surface area contributed by atoms with Gasteiger partial charge in [0.25, 0.3) is 0 Å². The smallest absolute Gasteiger partial charge is 0.0234 e. The fraction of sp³-hybridized carbons (Fsp3) is 0.478. The molecule has 0 aliphatic carbocycles. The summed E-state index contributed by atoms with van der Waals surface area (Å²) in [4.78, 5) is 5.38. The number of likely N-dealkylation sites (tertiary alicyclic amines) is 2. The number of nitrogens with zero attached hydrogens (tertiary/aromatic N) is 2. The van der Waals surface area contributed by atoms with E-state index < -0.39 is 0 Å². The highest BCUT2D eigenvalue weighted by atomic mass is 79.9. The normalized spacial score (nSPS) is 29.7. The highest BCUT2D eigenvalue weighted by Crippen LogP contribution is 2.46. The zero-order valence-corrected chi connectivity index (χ0v) is 17.5. The molecule has 2 aromatic rings. The van der Waals surface area contributed by atoms with Gasteiger partial charge in [-0.15, -0.1) is 0 Å². The van der Waals surface area contributed by atoms with Crippen LogP contribution in [0.15, 0.2) is 59.1 Å². The Balaban J connectivity index is 1.46. The van der Waals surface area contributed by atoms with Crippen LogP contribution in [0.3, 0.4) is 0 Å². The number of hydrogen-bond acceptors (Lipinski definition) is 2. The molecule has 2 atom stereocenters. The van der Waals surface area contributed by atoms with E-state index in [0.717, 1.165) is 17.6 Å². The van der Waals surface area contributed by atoms with Gasteiger partial charge in [0.2, 0.25) is 0 Å². The third kappa shape index (κ3) is 4.21. The molecule has 0 spiro atoms. The van der Waals surface area contributed by atoms with Crippen LogP contribution in [0.25, 0.3) is 0 Å². The van der Waals surface area contributed by atoms with E-state index in [0.29, 0.717) is 10.8 Å². The lowest BCUT2D eigenvalue weighted by atomic mass is 9.65. The molecule has 0 unspecified atom stereocenters. The molecule has 2 heterocycles. The molecule has 26 heavy (non-hydrogen) atoms. The molecule has 2 fully saturated rings. The fourth-order valence-corrected chi connectivity index (χ4v) is 5.80. The average molecular weight is 413 g/mol. The molecular weight excluding hydrogens is 384 g/mol. The van der Waals surface area contributed by atoms with Gasteiger partial charge in [0.05, 0.1) is 0 Å². The van der Waals surface area contributed by atoms with E-state index in [-0.39, 0.29) is 0 Å². The first-order valence-electron chi connectivity index (χ1n) is 9.65. The topological polar surface area (TPSA) is 6.48 Å². The van der Waals surface area contributed by atoms with Gasteiger partial charge in [-0.05, 0) is 40.5 Å². The number of rotatable bonds is 4. The zero-order chi connectivity index (χ0) is 18.2. The van der Waals surface area contributed by atoms with Crippen LogP contribution in [-0.4, -0.2) is 36.0 Å². The minimum atomic E-state index is 0.384. The van der Waals surface area contributed by atoms with Crippen LogP contribution in [0.1, 0.15) is 31.4 Å². The molecule has 0 saturated carbocycles. The standard InChI is InChI=1S/C23H29BrN2/c1-22-14-23(2,16-25(15-22)12-19-6-4-3-5-7-19)18-26(17-22)13-20-8-10-21(24)11-9-20/h3-11H,12-18H2,1-2H3/t22-,23-/m0/s1. The second-order valence-electron chi connectivity index (χ2n) is 9.20. The summed E-state index contributed by atoms with van der Waals surface area (Å²) in [6.45, 7) is 11.9. The van der Waals surface area contributed by atoms with Gasteiger partial charge >= 0.3 is 0 Å². The molecule has 3 heteroatoms. The summed E-state index contributed by atoms with van der Waals surface area (Å²) < 4.78 is 1.16. The van der Waals surface area contributed by atoms with E-state index in [1.165, 1.54) is 43.7 Å². The summed E-state index contributed by atoms with van der Waals surface area (Å²) in [5, 5.41) is 0. The summed E-state index contributed by atoms with van der Waals surface area (Å²) in [5.74, 6) is 0. The Hall–Kier alpha value is -1.16. The van der Waals surface area contributed by atoms with Crippen LogP contribution < -0.4 is 0 Å². The van der Waals surface area contributed by atoms with Crippen molar-refractivity contribution < 1.29 is 0 Å². The third-order valence-electron chi connectivity index (χ3n) is 5.84. The largest absolute Gasteiger partial charge is 0.298 e. The van der Waals surface area contributed by atoms with Gasteiger partial charge in [0.1, 0.15) is 0 Å². The highest BCUT2D eigenvalue weighted by molar-refractivity contribution is 9.10. The molecule has 2 aliphatic rings. The molecule has 0 amide bonds. The predicted molar refractivity (Wildman–Crippen MR) is 112 cm³/mol. The number of fused-ring (bicyclic) bond motifs is 2. The fourth-order valence-electron chi connectivity index (χ4n) is 5.54. The van der Waals surface area contributed by atoms with E-state index in [9.17, 15) is 0 Å². The quantitative estimate of drug-likeness (QED) is 0.681. The first-order chi connectivity index (χ1) is 12.4. The van der Waals surface area contributed by atoms with Gasteiger partial charge in [0.15, 0.2) is 0 Å². The maximum absolute atomic E-state index is 3.54. The van der Waals surface area contributed by atoms with Crippen molar-refractivity contribution in [2.45, 2.75) is 33.4 Å². The Bertz CT molecular complexity index is 725. The average Bonchev–Trinajstić information content (AvgIpc) is 2.55. The molecule has 0 aromatic heterocycles. The van der Waals surface area contributed by atoms with Gasteiger partial charge in [-0.1, -0.05) is 72.2 Å². The third-order valence-corrected chi connectivity index (χ3v) is 6.37. The van der Waals surface area contributed by atoms with Crippen LogP contribution >= 0.6 is 15.9 Å². The zero-order valence-electron chi connectivity index (χ0n) is 15.9. The van der Waals surface area contributed by atoms with Crippen molar-refractivity contribution in [3.8, 4) is 0 Å². The monoisotopic (exact) mass is 412 g/mol. The van der Waals surface area contributed by atoms with Crippen molar-refractivity contribution >= 4 is 15.9 Å². The number of halogens is 1. The van der Waals surface area contributed by atoms with Crippen LogP contribution in [0, 0.1) is 10.8 Å². The van der Waals surface area contributed by atoms with Gasteiger partial charge in [-0.3, -0.25) is 9.80 Å². The predicted octanol–water partition coefficient (Wildman–Crippen LogP) is 5.18. The van der Waals surface area contributed by atoms with E-state index in [2.05, 4.69) is 94.2 Å². The molecular formula is C23H29BrN2. The minimum absolute atomic E-state index is 0.384. The summed E-state index contributed by atoms with van der Waals surface area (Å²) in [6, 6.07) is 19.8. The van der Waals surface area contributed by atoms with Gasteiger partial charge in [0, 0.05) is 43.7 Å². The van der Waals surface area contributed by atoms with Crippen LogP contribution in [0.5, 0.6) is 0 Å². The Kier molecular flexibility index (Phi) is 4.98. The molecule has 0 radical (unpaired) electrons. The molecule has 2 aliphatic heterocycles. The summed E-state index contributed by atoms with van der Waals surface area (Å²) >= 11 is 3.54. The second-order valence-corrected chi connectivity index (χ2v) is 10.1. The van der Waals surface area contributed by atoms with Crippen LogP contribution in [0.2, 0.25) is 0 Å². The molecule has 0 N–H and O–H groups in total. The molecule has 2 saturated heterocycles. The number of piperidine rings is 2. The van der Waals surface area contributed by atoms with Crippen LogP contribution in [-0.2, 0) is 13.1 Å². The van der Waals surface area contributed by atoms with E-state index in [1.54, 1.807) is 0 Å². The Morgan fingerprint density at radius 2 is 1.19 bits per heavy atom. The van der Waals surface area contributed by atoms with E-state index in [1.807, 2.05) is 0 Å². The molecule has 2 aromatic carbocycles. The Morgan fingerprint density at radius 3 is 1.69 bits per heavy atom. The summed E-state index contributed by atoms with van der Waals surface area (Å²) in [5.41, 5.74) is 3.62. The molecule has 2 nitrogen and oxygen atoms in total. The number of benzene rings is 2. The summed E-state index contributed by atoms with van der Waals surface area (Å²) in [7, 11) is 0. The van der Waals surface area contributed by atoms with Crippen molar-refractivity contribution in [2.24, 2.45) is 10.8 Å². The summed E-state index contributed by atoms with van der Waals surface area (Å²) in [6.07, 6.45) is 1.35. The Labute approximate surface area is 166 Å². The SMILES string of the molecule is C[C@]12CN(Cc3ccccc3)C[C@@](C)(CN(Cc3ccc(Br)cc3)C1)C2. The van der Waals surface area contributed by atoms with Crippen molar-refractivity contribution in [1.29, 1.82) is 0 Å². The molecule has 2 bridgehead atoms. The molecule has 4 rings (SSSR count). The number of hydrogen-bond donors (Lipinski definition) is 0. The second kappa shape index (κ2) is 7.10. The van der Waals surface area contributed by atoms with Crippen molar-refractivity contribution in [1.82, 2.24) is 9.80 Å². The molecule has 138 valence electrons. The van der Waals surface area contributed by atoms with Gasteiger partial charge in [-0.25, -0.2) is 0 Å². The van der Waals surface area contributed by atoms with Crippen molar-refractivity contribution in [2.75, 3.05) is 26.2 Å². The van der Waals surface area contributed by atoms with E-state index >= 15 is 0 Å². The van der Waals surface area contributed by atoms with Gasteiger partial charge in [-0.2, -0.15) is 0 Å². The maximum Gasteiger partial charge on any atom is 0.0234 e. The first kappa shape index (κ1) is 18.2. The highest BCUT2D eigenvalue weighted by Gasteiger charge is 2.48. The Morgan fingerprint density at radius 1 is 0.731 bits per heavy atom. The first-order valence-corrected chi connectivity index (χ1v) is 10.4. The van der Waals surface area contributed by atoms with Crippen LogP contribution in [0.4, 0.5) is 0 Å². The van der Waals surface area contributed by atoms with Crippen molar-refractivity contribution in [3.63, 3.8) is 0 Å². The van der Waals surface area contributed by atoms with E-state index in [4.69, 9.17) is 0 Å².